The van der Waals surface area contributed by atoms with Gasteiger partial charge in [-0.3, -0.25) is 4.90 Å². The number of hydrogen-bond donors (Lipinski definition) is 1. The van der Waals surface area contributed by atoms with Gasteiger partial charge >= 0.3 is 0 Å². The van der Waals surface area contributed by atoms with Crippen LogP contribution in [0.1, 0.15) is 11.6 Å². The molecular formula is C9H12Cl2N4. The lowest BCUT2D eigenvalue weighted by Crippen LogP contribution is -2.44. The molecule has 4 nitrogen and oxygen atoms in total. The van der Waals surface area contributed by atoms with E-state index >= 15 is 0 Å². The van der Waals surface area contributed by atoms with Crippen LogP contribution >= 0.6 is 23.2 Å². The van der Waals surface area contributed by atoms with Gasteiger partial charge in [-0.25, -0.2) is 0 Å². The number of nitrogens with one attached hydrogen (secondary N) is 1. The zero-order valence-electron chi connectivity index (χ0n) is 8.37. The van der Waals surface area contributed by atoms with Crippen molar-refractivity contribution in [2.24, 2.45) is 0 Å². The fourth-order valence-electron chi connectivity index (χ4n) is 1.75. The van der Waals surface area contributed by atoms with Gasteiger partial charge in [-0.15, -0.1) is 10.2 Å². The lowest BCUT2D eigenvalue weighted by atomic mass is 10.1. The van der Waals surface area contributed by atoms with Gasteiger partial charge in [-0.2, -0.15) is 0 Å². The van der Waals surface area contributed by atoms with Crippen LogP contribution in [0.5, 0.6) is 0 Å². The van der Waals surface area contributed by atoms with Gasteiger partial charge in [0.2, 0.25) is 0 Å². The Kier molecular flexibility index (Phi) is 3.41. The van der Waals surface area contributed by atoms with Gasteiger partial charge in [-0.05, 0) is 13.1 Å². The number of hydrogen-bond acceptors (Lipinski definition) is 4. The third-order valence-electron chi connectivity index (χ3n) is 2.62. The average Bonchev–Trinajstić information content (AvgIpc) is 2.23. The van der Waals surface area contributed by atoms with E-state index < -0.39 is 0 Å². The maximum Gasteiger partial charge on any atom is 0.156 e. The fourth-order valence-corrected chi connectivity index (χ4v) is 2.13. The molecule has 0 radical (unpaired) electrons. The molecule has 0 saturated carbocycles. The first-order chi connectivity index (χ1) is 7.18. The molecule has 0 spiro atoms. The summed E-state index contributed by atoms with van der Waals surface area (Å²) in [5.41, 5.74) is 0.936. The van der Waals surface area contributed by atoms with Crippen molar-refractivity contribution in [3.63, 3.8) is 0 Å². The molecule has 1 unspecified atom stereocenters. The summed E-state index contributed by atoms with van der Waals surface area (Å²) in [6.07, 6.45) is 0. The molecular weight excluding hydrogens is 235 g/mol. The zero-order chi connectivity index (χ0) is 10.8. The van der Waals surface area contributed by atoms with E-state index in [2.05, 4.69) is 27.5 Å². The summed E-state index contributed by atoms with van der Waals surface area (Å²) >= 11 is 11.8. The Morgan fingerprint density at radius 1 is 1.47 bits per heavy atom. The molecule has 1 atom stereocenters. The van der Waals surface area contributed by atoms with E-state index in [0.717, 1.165) is 25.2 Å². The summed E-state index contributed by atoms with van der Waals surface area (Å²) in [6, 6.07) is 2.00. The maximum absolute atomic E-state index is 6.01. The van der Waals surface area contributed by atoms with Crippen molar-refractivity contribution in [1.82, 2.24) is 20.4 Å². The van der Waals surface area contributed by atoms with E-state index in [9.17, 15) is 0 Å². The third kappa shape index (κ3) is 2.39. The number of nitrogens with zero attached hydrogens (tertiary/aromatic N) is 3. The minimum absolute atomic E-state index is 0.222. The quantitative estimate of drug-likeness (QED) is 0.813. The molecule has 1 aliphatic rings. The van der Waals surface area contributed by atoms with Crippen molar-refractivity contribution in [1.29, 1.82) is 0 Å². The minimum atomic E-state index is 0.222. The van der Waals surface area contributed by atoms with Crippen LogP contribution in [0.25, 0.3) is 0 Å². The molecule has 0 aliphatic carbocycles. The van der Waals surface area contributed by atoms with E-state index in [1.807, 2.05) is 0 Å². The topological polar surface area (TPSA) is 41.0 Å². The Hall–Kier alpha value is -0.420. The minimum Gasteiger partial charge on any atom is -0.314 e. The predicted molar refractivity (Wildman–Crippen MR) is 60.3 cm³/mol. The molecule has 1 N–H and O–H groups in total. The zero-order valence-corrected chi connectivity index (χ0v) is 9.89. The van der Waals surface area contributed by atoms with E-state index in [-0.39, 0.29) is 6.04 Å². The Balaban J connectivity index is 2.30. The molecule has 1 aliphatic heterocycles. The predicted octanol–water partition coefficient (Wildman–Crippen LogP) is 1.36. The average molecular weight is 247 g/mol. The Morgan fingerprint density at radius 3 is 3.00 bits per heavy atom. The standard InChI is InChI=1S/C9H12Cl2N4/c1-15-3-2-12-5-7(15)6-4-8(10)13-14-9(6)11/h4,7,12H,2-3,5H2,1H3. The van der Waals surface area contributed by atoms with Gasteiger partial charge in [0.1, 0.15) is 0 Å². The van der Waals surface area contributed by atoms with Crippen LogP contribution in [-0.2, 0) is 0 Å². The second-order valence-electron chi connectivity index (χ2n) is 3.61. The number of aromatic nitrogens is 2. The van der Waals surface area contributed by atoms with Crippen LogP contribution in [0.4, 0.5) is 0 Å². The molecule has 0 bridgehead atoms. The largest absolute Gasteiger partial charge is 0.314 e. The fraction of sp³-hybridized carbons (Fsp3) is 0.556. The summed E-state index contributed by atoms with van der Waals surface area (Å²) in [4.78, 5) is 2.23. The number of piperazine rings is 1. The molecule has 2 rings (SSSR count). The molecule has 0 aromatic carbocycles. The summed E-state index contributed by atoms with van der Waals surface area (Å²) in [7, 11) is 2.07. The van der Waals surface area contributed by atoms with E-state index in [4.69, 9.17) is 23.2 Å². The van der Waals surface area contributed by atoms with Gasteiger partial charge in [-0.1, -0.05) is 23.2 Å². The van der Waals surface area contributed by atoms with Crippen LogP contribution in [0.3, 0.4) is 0 Å². The van der Waals surface area contributed by atoms with Crippen molar-refractivity contribution >= 4 is 23.2 Å². The Morgan fingerprint density at radius 2 is 2.27 bits per heavy atom. The summed E-state index contributed by atoms with van der Waals surface area (Å²) in [5.74, 6) is 0. The normalized spacial score (nSPS) is 23.0. The van der Waals surface area contributed by atoms with Gasteiger partial charge < -0.3 is 5.32 Å². The first-order valence-electron chi connectivity index (χ1n) is 4.78. The molecule has 1 fully saturated rings. The van der Waals surface area contributed by atoms with Crippen LogP contribution in [-0.4, -0.2) is 41.8 Å². The van der Waals surface area contributed by atoms with Crippen LogP contribution in [0.15, 0.2) is 6.07 Å². The van der Waals surface area contributed by atoms with Crippen molar-refractivity contribution in [2.45, 2.75) is 6.04 Å². The molecule has 2 heterocycles. The first-order valence-corrected chi connectivity index (χ1v) is 5.53. The molecule has 82 valence electrons. The third-order valence-corrected chi connectivity index (χ3v) is 3.09. The molecule has 1 aromatic heterocycles. The highest BCUT2D eigenvalue weighted by Gasteiger charge is 2.23. The van der Waals surface area contributed by atoms with Gasteiger partial charge in [0.25, 0.3) is 0 Å². The maximum atomic E-state index is 6.01. The summed E-state index contributed by atoms with van der Waals surface area (Å²) < 4.78 is 0. The lowest BCUT2D eigenvalue weighted by molar-refractivity contribution is 0.202. The second kappa shape index (κ2) is 4.61. The monoisotopic (exact) mass is 246 g/mol. The number of rotatable bonds is 1. The van der Waals surface area contributed by atoms with Crippen LogP contribution in [0, 0.1) is 0 Å². The van der Waals surface area contributed by atoms with Crippen molar-refractivity contribution in [2.75, 3.05) is 26.7 Å². The van der Waals surface area contributed by atoms with E-state index in [1.54, 1.807) is 6.07 Å². The van der Waals surface area contributed by atoms with E-state index in [1.165, 1.54) is 0 Å². The molecule has 0 amide bonds. The van der Waals surface area contributed by atoms with Crippen molar-refractivity contribution in [3.05, 3.63) is 21.9 Å². The van der Waals surface area contributed by atoms with Crippen LogP contribution < -0.4 is 5.32 Å². The summed E-state index contributed by atoms with van der Waals surface area (Å²) in [5, 5.41) is 11.7. The molecule has 6 heteroatoms. The highest BCUT2D eigenvalue weighted by atomic mass is 35.5. The van der Waals surface area contributed by atoms with Crippen molar-refractivity contribution in [3.8, 4) is 0 Å². The highest BCUT2D eigenvalue weighted by molar-refractivity contribution is 6.31. The Labute approximate surface area is 98.6 Å². The van der Waals surface area contributed by atoms with Crippen LogP contribution in [0.2, 0.25) is 10.3 Å². The highest BCUT2D eigenvalue weighted by Crippen LogP contribution is 2.27. The van der Waals surface area contributed by atoms with Gasteiger partial charge in [0.05, 0.1) is 6.04 Å². The lowest BCUT2D eigenvalue weighted by Gasteiger charge is -2.33. The number of likely N-dealkylation sites (N-methyl/N-ethyl adjacent to an activating group) is 1. The molecule has 1 saturated heterocycles. The smallest absolute Gasteiger partial charge is 0.156 e. The SMILES string of the molecule is CN1CCNCC1c1cc(Cl)nnc1Cl. The Bertz CT molecular complexity index is 358. The number of halogens is 2. The van der Waals surface area contributed by atoms with Crippen molar-refractivity contribution < 1.29 is 0 Å². The second-order valence-corrected chi connectivity index (χ2v) is 4.36. The van der Waals surface area contributed by atoms with E-state index in [0.29, 0.717) is 10.3 Å². The van der Waals surface area contributed by atoms with Gasteiger partial charge in [0.15, 0.2) is 10.3 Å². The first kappa shape index (κ1) is 11.1. The molecule has 1 aromatic rings. The van der Waals surface area contributed by atoms with Gasteiger partial charge in [0, 0.05) is 25.2 Å². The molecule has 15 heavy (non-hydrogen) atoms. The summed E-state index contributed by atoms with van der Waals surface area (Å²) in [6.45, 7) is 2.84.